The largest absolute Gasteiger partial charge is 0.443 e. The first kappa shape index (κ1) is 10.4. The highest BCUT2D eigenvalue weighted by Crippen LogP contribution is 2.28. The van der Waals surface area contributed by atoms with Gasteiger partial charge in [0.15, 0.2) is 12.2 Å². The molecule has 78 valence electrons. The number of rotatable bonds is 2. The topological polar surface area (TPSA) is 26.0 Å². The van der Waals surface area contributed by atoms with Crippen LogP contribution in [0.2, 0.25) is 0 Å². The summed E-state index contributed by atoms with van der Waals surface area (Å²) in [6.45, 7) is 1.91. The van der Waals surface area contributed by atoms with Gasteiger partial charge in [0, 0.05) is 10.9 Å². The Labute approximate surface area is 95.3 Å². The maximum atomic E-state index is 13.1. The van der Waals surface area contributed by atoms with Crippen LogP contribution in [0.4, 0.5) is 4.39 Å². The van der Waals surface area contributed by atoms with Gasteiger partial charge in [0.1, 0.15) is 5.82 Å². The molecule has 0 radical (unpaired) electrons. The van der Waals surface area contributed by atoms with Crippen LogP contribution in [0.15, 0.2) is 29.0 Å². The van der Waals surface area contributed by atoms with E-state index in [1.165, 1.54) is 18.5 Å². The van der Waals surface area contributed by atoms with Gasteiger partial charge in [-0.3, -0.25) is 0 Å². The number of aryl methyl sites for hydroxylation is 1. The normalized spacial score (nSPS) is 10.6. The summed E-state index contributed by atoms with van der Waals surface area (Å²) in [5.74, 6) is 0.358. The summed E-state index contributed by atoms with van der Waals surface area (Å²) >= 11 is 3.31. The summed E-state index contributed by atoms with van der Waals surface area (Å²) in [6, 6.07) is 4.62. The summed E-state index contributed by atoms with van der Waals surface area (Å²) in [4.78, 5) is 4.05. The molecule has 0 saturated carbocycles. The predicted molar refractivity (Wildman–Crippen MR) is 59.3 cm³/mol. The van der Waals surface area contributed by atoms with Gasteiger partial charge in [-0.15, -0.1) is 0 Å². The summed E-state index contributed by atoms with van der Waals surface area (Å²) in [5, 5.41) is 0.592. The first-order valence-corrected chi connectivity index (χ1v) is 5.59. The van der Waals surface area contributed by atoms with Gasteiger partial charge in [-0.25, -0.2) is 9.37 Å². The van der Waals surface area contributed by atoms with E-state index in [4.69, 9.17) is 4.42 Å². The lowest BCUT2D eigenvalue weighted by Crippen LogP contribution is -1.87. The van der Waals surface area contributed by atoms with Crippen molar-refractivity contribution in [3.05, 3.63) is 41.7 Å². The molecule has 0 fully saturated rings. The second-order valence-corrected chi connectivity index (χ2v) is 3.78. The minimum Gasteiger partial charge on any atom is -0.443 e. The van der Waals surface area contributed by atoms with Crippen LogP contribution in [0.5, 0.6) is 0 Å². The number of aromatic nitrogens is 1. The van der Waals surface area contributed by atoms with E-state index in [9.17, 15) is 4.39 Å². The molecule has 0 saturated heterocycles. The average Bonchev–Trinajstić information content (AvgIpc) is 2.69. The van der Waals surface area contributed by atoms with E-state index in [1.807, 2.05) is 6.92 Å². The van der Waals surface area contributed by atoms with E-state index in [-0.39, 0.29) is 5.82 Å². The van der Waals surface area contributed by atoms with Crippen molar-refractivity contribution in [2.75, 3.05) is 0 Å². The molecule has 0 N–H and O–H groups in total. The molecule has 15 heavy (non-hydrogen) atoms. The monoisotopic (exact) mass is 269 g/mol. The van der Waals surface area contributed by atoms with Crippen LogP contribution < -0.4 is 0 Å². The third kappa shape index (κ3) is 1.95. The number of halogens is 2. The van der Waals surface area contributed by atoms with Crippen molar-refractivity contribution in [3.63, 3.8) is 0 Å². The van der Waals surface area contributed by atoms with Gasteiger partial charge in [-0.05, 0) is 24.6 Å². The number of nitrogens with zero attached hydrogens (tertiary/aromatic N) is 1. The van der Waals surface area contributed by atoms with E-state index in [1.54, 1.807) is 6.07 Å². The summed E-state index contributed by atoms with van der Waals surface area (Å²) in [6.07, 6.45) is 1.37. The maximum Gasteiger partial charge on any atom is 0.181 e. The van der Waals surface area contributed by atoms with Gasteiger partial charge in [0.05, 0.1) is 5.69 Å². The van der Waals surface area contributed by atoms with Crippen molar-refractivity contribution in [2.45, 2.75) is 12.3 Å². The highest BCUT2D eigenvalue weighted by atomic mass is 79.9. The van der Waals surface area contributed by atoms with E-state index in [0.717, 1.165) is 16.8 Å². The Morgan fingerprint density at radius 2 is 2.27 bits per heavy atom. The fourth-order valence-corrected chi connectivity index (χ4v) is 1.82. The molecule has 0 aliphatic carbocycles. The van der Waals surface area contributed by atoms with E-state index >= 15 is 0 Å². The van der Waals surface area contributed by atoms with Gasteiger partial charge in [0.25, 0.3) is 0 Å². The Hall–Kier alpha value is -1.16. The zero-order chi connectivity index (χ0) is 10.8. The summed E-state index contributed by atoms with van der Waals surface area (Å²) in [7, 11) is 0. The van der Waals surface area contributed by atoms with Crippen LogP contribution in [-0.2, 0) is 5.33 Å². The summed E-state index contributed by atoms with van der Waals surface area (Å²) in [5.41, 5.74) is 2.50. The Balaban J connectivity index is 2.58. The molecule has 2 rings (SSSR count). The first-order valence-electron chi connectivity index (χ1n) is 4.47. The third-order valence-electron chi connectivity index (χ3n) is 2.21. The highest BCUT2D eigenvalue weighted by molar-refractivity contribution is 9.08. The standard InChI is InChI=1S/C11H9BrFNO/c1-7-2-3-8(13)4-9(7)11-10(5-12)14-6-15-11/h2-4,6H,5H2,1H3. The zero-order valence-electron chi connectivity index (χ0n) is 8.13. The Bertz CT molecular complexity index is 481. The molecule has 1 heterocycles. The van der Waals surface area contributed by atoms with Crippen LogP contribution in [-0.4, -0.2) is 4.98 Å². The third-order valence-corrected chi connectivity index (χ3v) is 2.74. The van der Waals surface area contributed by atoms with Crippen molar-refractivity contribution < 1.29 is 8.81 Å². The van der Waals surface area contributed by atoms with Crippen LogP contribution >= 0.6 is 15.9 Å². The molecule has 1 aromatic carbocycles. The predicted octanol–water partition coefficient (Wildman–Crippen LogP) is 3.68. The van der Waals surface area contributed by atoms with Crippen LogP contribution in [0.25, 0.3) is 11.3 Å². The second-order valence-electron chi connectivity index (χ2n) is 3.22. The molecular formula is C11H9BrFNO. The maximum absolute atomic E-state index is 13.1. The lowest BCUT2D eigenvalue weighted by atomic mass is 10.1. The lowest BCUT2D eigenvalue weighted by molar-refractivity contribution is 0.569. The molecule has 0 bridgehead atoms. The number of oxazole rings is 1. The average molecular weight is 270 g/mol. The van der Waals surface area contributed by atoms with Gasteiger partial charge in [-0.1, -0.05) is 22.0 Å². The van der Waals surface area contributed by atoms with Crippen molar-refractivity contribution in [3.8, 4) is 11.3 Å². The van der Waals surface area contributed by atoms with Gasteiger partial charge in [0.2, 0.25) is 0 Å². The summed E-state index contributed by atoms with van der Waals surface area (Å²) < 4.78 is 18.4. The Morgan fingerprint density at radius 3 is 3.00 bits per heavy atom. The van der Waals surface area contributed by atoms with Crippen LogP contribution in [0, 0.1) is 12.7 Å². The minimum absolute atomic E-state index is 0.271. The van der Waals surface area contributed by atoms with Crippen LogP contribution in [0.3, 0.4) is 0 Å². The van der Waals surface area contributed by atoms with E-state index in [2.05, 4.69) is 20.9 Å². The highest BCUT2D eigenvalue weighted by Gasteiger charge is 2.12. The first-order chi connectivity index (χ1) is 7.22. The van der Waals surface area contributed by atoms with Gasteiger partial charge >= 0.3 is 0 Å². The molecule has 0 spiro atoms. The van der Waals surface area contributed by atoms with E-state index < -0.39 is 0 Å². The smallest absolute Gasteiger partial charge is 0.181 e. The van der Waals surface area contributed by atoms with Crippen molar-refractivity contribution in [1.29, 1.82) is 0 Å². The van der Waals surface area contributed by atoms with Crippen molar-refractivity contribution >= 4 is 15.9 Å². The zero-order valence-corrected chi connectivity index (χ0v) is 9.71. The molecule has 0 aliphatic rings. The molecule has 0 aliphatic heterocycles. The number of hydrogen-bond donors (Lipinski definition) is 0. The molecule has 0 amide bonds. The molecule has 2 nitrogen and oxygen atoms in total. The Kier molecular flexibility index (Phi) is 2.86. The number of benzene rings is 1. The molecular weight excluding hydrogens is 261 g/mol. The second kappa shape index (κ2) is 4.14. The van der Waals surface area contributed by atoms with Gasteiger partial charge < -0.3 is 4.42 Å². The molecule has 0 unspecified atom stereocenters. The molecule has 1 aromatic heterocycles. The Morgan fingerprint density at radius 1 is 1.47 bits per heavy atom. The lowest BCUT2D eigenvalue weighted by Gasteiger charge is -2.03. The molecule has 4 heteroatoms. The van der Waals surface area contributed by atoms with Gasteiger partial charge in [-0.2, -0.15) is 0 Å². The van der Waals surface area contributed by atoms with Crippen molar-refractivity contribution in [1.82, 2.24) is 4.98 Å². The van der Waals surface area contributed by atoms with Crippen LogP contribution in [0.1, 0.15) is 11.3 Å². The minimum atomic E-state index is -0.271. The number of hydrogen-bond acceptors (Lipinski definition) is 2. The fraction of sp³-hybridized carbons (Fsp3) is 0.182. The van der Waals surface area contributed by atoms with E-state index in [0.29, 0.717) is 11.1 Å². The molecule has 0 atom stereocenters. The quantitative estimate of drug-likeness (QED) is 0.778. The SMILES string of the molecule is Cc1ccc(F)cc1-c1ocnc1CBr. The molecule has 2 aromatic rings. The fourth-order valence-electron chi connectivity index (χ4n) is 1.42. The van der Waals surface area contributed by atoms with Crippen molar-refractivity contribution in [2.24, 2.45) is 0 Å². The number of alkyl halides is 1.